The Morgan fingerprint density at radius 2 is 1.90 bits per heavy atom. The van der Waals surface area contributed by atoms with Gasteiger partial charge in [-0.05, 0) is 51.8 Å². The van der Waals surface area contributed by atoms with Crippen molar-refractivity contribution in [2.24, 2.45) is 0 Å². The molecule has 1 aromatic carbocycles. The number of H-pyrrole nitrogens is 1. The summed E-state index contributed by atoms with van der Waals surface area (Å²) in [5.41, 5.74) is 3.03. The van der Waals surface area contributed by atoms with Crippen LogP contribution in [-0.4, -0.2) is 21.1 Å². The monoisotopic (exact) mass is 342 g/mol. The summed E-state index contributed by atoms with van der Waals surface area (Å²) in [7, 11) is 0. The molecule has 2 aromatic heterocycles. The second-order valence-electron chi connectivity index (χ2n) is 4.36. The average Bonchev–Trinajstić information content (AvgIpc) is 3.03. The summed E-state index contributed by atoms with van der Waals surface area (Å²) in [5, 5.41) is 9.61. The molecule has 0 atom stereocenters. The molecule has 0 aliphatic carbocycles. The number of hydrogen-bond donors (Lipinski definition) is 2. The number of amides is 1. The van der Waals surface area contributed by atoms with Crippen molar-refractivity contribution in [2.45, 2.75) is 0 Å². The largest absolute Gasteiger partial charge is 0.321 e. The number of carbonyl (C=O) groups is 1. The van der Waals surface area contributed by atoms with E-state index in [4.69, 9.17) is 0 Å². The van der Waals surface area contributed by atoms with E-state index in [-0.39, 0.29) is 5.91 Å². The Hall–Kier alpha value is -2.47. The Morgan fingerprint density at radius 1 is 1.10 bits per heavy atom. The van der Waals surface area contributed by atoms with Gasteiger partial charge in [0.25, 0.3) is 5.91 Å². The number of anilines is 1. The van der Waals surface area contributed by atoms with Gasteiger partial charge in [0, 0.05) is 22.6 Å². The Balaban J connectivity index is 1.73. The highest BCUT2D eigenvalue weighted by Gasteiger charge is 2.07. The van der Waals surface area contributed by atoms with Gasteiger partial charge < -0.3 is 5.32 Å². The van der Waals surface area contributed by atoms with Gasteiger partial charge in [0.1, 0.15) is 5.69 Å². The van der Waals surface area contributed by atoms with Crippen molar-refractivity contribution in [2.75, 3.05) is 5.32 Å². The molecule has 3 aromatic rings. The van der Waals surface area contributed by atoms with Crippen LogP contribution in [0.2, 0.25) is 0 Å². The molecule has 0 aliphatic rings. The van der Waals surface area contributed by atoms with Crippen molar-refractivity contribution in [1.29, 1.82) is 0 Å². The second-order valence-corrected chi connectivity index (χ2v) is 5.28. The second kappa shape index (κ2) is 5.88. The third kappa shape index (κ3) is 3.17. The van der Waals surface area contributed by atoms with Gasteiger partial charge in [0.2, 0.25) is 0 Å². The van der Waals surface area contributed by atoms with Gasteiger partial charge in [0.05, 0.1) is 5.69 Å². The fourth-order valence-corrected chi connectivity index (χ4v) is 2.09. The van der Waals surface area contributed by atoms with Crippen molar-refractivity contribution < 1.29 is 4.79 Å². The molecule has 0 saturated heterocycles. The minimum Gasteiger partial charge on any atom is -0.321 e. The maximum atomic E-state index is 12.0. The maximum absolute atomic E-state index is 12.0. The molecule has 6 heteroatoms. The molecule has 5 nitrogen and oxygen atoms in total. The quantitative estimate of drug-likeness (QED) is 0.765. The van der Waals surface area contributed by atoms with Crippen molar-refractivity contribution in [3.63, 3.8) is 0 Å². The predicted molar refractivity (Wildman–Crippen MR) is 83.9 cm³/mol. The van der Waals surface area contributed by atoms with Crippen molar-refractivity contribution >= 4 is 27.5 Å². The summed E-state index contributed by atoms with van der Waals surface area (Å²) in [6, 6.07) is 12.8. The lowest BCUT2D eigenvalue weighted by Crippen LogP contribution is -2.13. The first-order valence-electron chi connectivity index (χ1n) is 6.25. The Morgan fingerprint density at radius 3 is 2.52 bits per heavy atom. The summed E-state index contributed by atoms with van der Waals surface area (Å²) in [5.74, 6) is -0.239. The zero-order chi connectivity index (χ0) is 14.7. The Kier molecular flexibility index (Phi) is 3.79. The first-order valence-corrected chi connectivity index (χ1v) is 7.04. The van der Waals surface area contributed by atoms with Gasteiger partial charge in [-0.3, -0.25) is 9.89 Å². The molecule has 21 heavy (non-hydrogen) atoms. The molecule has 2 heterocycles. The lowest BCUT2D eigenvalue weighted by molar-refractivity contribution is 0.102. The van der Waals surface area contributed by atoms with Gasteiger partial charge in [0.15, 0.2) is 0 Å². The van der Waals surface area contributed by atoms with Crippen LogP contribution in [0.3, 0.4) is 0 Å². The minimum atomic E-state index is -0.239. The van der Waals surface area contributed by atoms with Crippen LogP contribution in [0.25, 0.3) is 11.3 Å². The Labute approximate surface area is 129 Å². The molecular formula is C15H11BrN4O. The number of nitrogens with zero attached hydrogens (tertiary/aromatic N) is 2. The van der Waals surface area contributed by atoms with Gasteiger partial charge in [-0.1, -0.05) is 12.1 Å². The van der Waals surface area contributed by atoms with E-state index in [2.05, 4.69) is 36.4 Å². The molecule has 0 radical (unpaired) electrons. The van der Waals surface area contributed by atoms with E-state index in [9.17, 15) is 4.79 Å². The summed E-state index contributed by atoms with van der Waals surface area (Å²) < 4.78 is 0.836. The maximum Gasteiger partial charge on any atom is 0.274 e. The van der Waals surface area contributed by atoms with E-state index in [1.54, 1.807) is 24.5 Å². The highest BCUT2D eigenvalue weighted by Crippen LogP contribution is 2.19. The summed E-state index contributed by atoms with van der Waals surface area (Å²) in [4.78, 5) is 16.1. The van der Waals surface area contributed by atoms with Crippen LogP contribution in [0.1, 0.15) is 10.5 Å². The molecule has 0 saturated carbocycles. The fraction of sp³-hybridized carbons (Fsp3) is 0. The molecule has 0 aliphatic heterocycles. The van der Waals surface area contributed by atoms with E-state index in [0.717, 1.165) is 15.7 Å². The standard InChI is InChI=1S/C15H11BrN4O/c16-11-3-6-14(17-9-11)15(21)19-12-4-1-10(2-5-12)13-7-8-18-20-13/h1-9H,(H,18,20)(H,19,21). The van der Waals surface area contributed by atoms with Gasteiger partial charge in [-0.25, -0.2) is 4.98 Å². The van der Waals surface area contributed by atoms with Crippen LogP contribution < -0.4 is 5.32 Å². The zero-order valence-electron chi connectivity index (χ0n) is 10.9. The molecule has 3 rings (SSSR count). The number of pyridine rings is 1. The van der Waals surface area contributed by atoms with E-state index in [1.807, 2.05) is 30.3 Å². The molecular weight excluding hydrogens is 332 g/mol. The first kappa shape index (κ1) is 13.5. The molecule has 1 amide bonds. The average molecular weight is 343 g/mol. The molecule has 104 valence electrons. The van der Waals surface area contributed by atoms with E-state index in [0.29, 0.717) is 11.4 Å². The minimum absolute atomic E-state index is 0.239. The van der Waals surface area contributed by atoms with Crippen LogP contribution in [0.5, 0.6) is 0 Å². The SMILES string of the molecule is O=C(Nc1ccc(-c2ccn[nH]2)cc1)c1ccc(Br)cn1. The number of rotatable bonds is 3. The fourth-order valence-electron chi connectivity index (χ4n) is 1.86. The first-order chi connectivity index (χ1) is 10.2. The third-order valence-electron chi connectivity index (χ3n) is 2.91. The number of aromatic nitrogens is 3. The van der Waals surface area contributed by atoms with E-state index in [1.165, 1.54) is 0 Å². The Bertz CT molecular complexity index is 736. The van der Waals surface area contributed by atoms with Crippen LogP contribution in [0.15, 0.2) is 59.3 Å². The molecule has 0 spiro atoms. The van der Waals surface area contributed by atoms with Crippen molar-refractivity contribution in [1.82, 2.24) is 15.2 Å². The topological polar surface area (TPSA) is 70.7 Å². The van der Waals surface area contributed by atoms with Crippen LogP contribution in [0.4, 0.5) is 5.69 Å². The number of aromatic amines is 1. The number of carbonyl (C=O) groups excluding carboxylic acids is 1. The van der Waals surface area contributed by atoms with Crippen molar-refractivity contribution in [3.8, 4) is 11.3 Å². The zero-order valence-corrected chi connectivity index (χ0v) is 12.5. The van der Waals surface area contributed by atoms with Crippen LogP contribution in [0, 0.1) is 0 Å². The highest BCUT2D eigenvalue weighted by atomic mass is 79.9. The summed E-state index contributed by atoms with van der Waals surface area (Å²) >= 11 is 3.29. The van der Waals surface area contributed by atoms with E-state index < -0.39 is 0 Å². The number of hydrogen-bond acceptors (Lipinski definition) is 3. The summed E-state index contributed by atoms with van der Waals surface area (Å²) in [6.07, 6.45) is 3.29. The van der Waals surface area contributed by atoms with E-state index >= 15 is 0 Å². The van der Waals surface area contributed by atoms with Crippen LogP contribution >= 0.6 is 15.9 Å². The van der Waals surface area contributed by atoms with Crippen LogP contribution in [-0.2, 0) is 0 Å². The number of nitrogens with one attached hydrogen (secondary N) is 2. The normalized spacial score (nSPS) is 10.3. The molecule has 0 unspecified atom stereocenters. The third-order valence-corrected chi connectivity index (χ3v) is 3.38. The lowest BCUT2D eigenvalue weighted by Gasteiger charge is -2.05. The molecule has 0 bridgehead atoms. The number of halogens is 1. The van der Waals surface area contributed by atoms with Gasteiger partial charge >= 0.3 is 0 Å². The highest BCUT2D eigenvalue weighted by molar-refractivity contribution is 9.10. The summed E-state index contributed by atoms with van der Waals surface area (Å²) in [6.45, 7) is 0. The molecule has 0 fully saturated rings. The van der Waals surface area contributed by atoms with Gasteiger partial charge in [-0.2, -0.15) is 5.10 Å². The van der Waals surface area contributed by atoms with Gasteiger partial charge in [-0.15, -0.1) is 0 Å². The molecule has 2 N–H and O–H groups in total. The van der Waals surface area contributed by atoms with Crippen molar-refractivity contribution in [3.05, 3.63) is 65.0 Å². The number of benzene rings is 1. The predicted octanol–water partition coefficient (Wildman–Crippen LogP) is 3.49. The lowest BCUT2D eigenvalue weighted by atomic mass is 10.1. The smallest absolute Gasteiger partial charge is 0.274 e.